The van der Waals surface area contributed by atoms with Gasteiger partial charge in [-0.25, -0.2) is 9.98 Å². The van der Waals surface area contributed by atoms with Crippen LogP contribution in [-0.4, -0.2) is 10.9 Å². The number of rotatable bonds is 5. The van der Waals surface area contributed by atoms with Gasteiger partial charge >= 0.3 is 0 Å². The van der Waals surface area contributed by atoms with Crippen LogP contribution < -0.4 is 11.5 Å². The zero-order valence-corrected chi connectivity index (χ0v) is 10.9. The van der Waals surface area contributed by atoms with E-state index in [1.807, 2.05) is 5.51 Å². The molecule has 2 rings (SSSR count). The molecule has 1 heterocycles. The average Bonchev–Trinajstić information content (AvgIpc) is 2.88. The van der Waals surface area contributed by atoms with Crippen LogP contribution in [0.1, 0.15) is 16.8 Å². The van der Waals surface area contributed by atoms with Crippen LogP contribution in [0.25, 0.3) is 0 Å². The zero-order valence-electron chi connectivity index (χ0n) is 10.0. The second-order valence-corrected chi connectivity index (χ2v) is 4.76. The molecule has 0 atom stereocenters. The minimum atomic E-state index is 0.127. The Balaban J connectivity index is 1.89. The standard InChI is InChI=1S/C13H16N4S/c14-13(15)16-7-11-3-1-10(2-4-11)5-6-12-8-18-9-17-12/h1-4,8-9H,5-7H2,(H4,14,15,16). The molecule has 4 N–H and O–H groups in total. The highest BCUT2D eigenvalue weighted by molar-refractivity contribution is 7.07. The summed E-state index contributed by atoms with van der Waals surface area (Å²) in [6.45, 7) is 0.536. The fourth-order valence-electron chi connectivity index (χ4n) is 1.63. The van der Waals surface area contributed by atoms with Gasteiger partial charge < -0.3 is 11.5 Å². The van der Waals surface area contributed by atoms with Crippen molar-refractivity contribution in [3.05, 3.63) is 52.0 Å². The van der Waals surface area contributed by atoms with Crippen molar-refractivity contribution >= 4 is 17.3 Å². The van der Waals surface area contributed by atoms with Crippen molar-refractivity contribution in [1.82, 2.24) is 4.98 Å². The second kappa shape index (κ2) is 6.16. The third kappa shape index (κ3) is 3.85. The van der Waals surface area contributed by atoms with E-state index < -0.39 is 0 Å². The maximum Gasteiger partial charge on any atom is 0.186 e. The smallest absolute Gasteiger partial charge is 0.186 e. The lowest BCUT2D eigenvalue weighted by molar-refractivity contribution is 0.923. The largest absolute Gasteiger partial charge is 0.370 e. The molecule has 2 aromatic rings. The molecule has 0 aliphatic carbocycles. The van der Waals surface area contributed by atoms with Crippen molar-refractivity contribution in [1.29, 1.82) is 0 Å². The van der Waals surface area contributed by atoms with E-state index >= 15 is 0 Å². The van der Waals surface area contributed by atoms with Crippen molar-refractivity contribution in [3.63, 3.8) is 0 Å². The number of hydrogen-bond acceptors (Lipinski definition) is 3. The van der Waals surface area contributed by atoms with E-state index in [-0.39, 0.29) is 5.96 Å². The van der Waals surface area contributed by atoms with Gasteiger partial charge in [-0.2, -0.15) is 0 Å². The van der Waals surface area contributed by atoms with Gasteiger partial charge in [-0.1, -0.05) is 24.3 Å². The summed E-state index contributed by atoms with van der Waals surface area (Å²) in [5.41, 5.74) is 16.0. The molecule has 1 aromatic heterocycles. The van der Waals surface area contributed by atoms with Gasteiger partial charge in [0.25, 0.3) is 0 Å². The van der Waals surface area contributed by atoms with Crippen LogP contribution >= 0.6 is 11.3 Å². The van der Waals surface area contributed by atoms with E-state index in [0.717, 1.165) is 24.1 Å². The molecule has 1 aromatic carbocycles. The highest BCUT2D eigenvalue weighted by Gasteiger charge is 1.98. The van der Waals surface area contributed by atoms with Crippen molar-refractivity contribution in [2.75, 3.05) is 0 Å². The first kappa shape index (κ1) is 12.6. The lowest BCUT2D eigenvalue weighted by Gasteiger charge is -2.02. The van der Waals surface area contributed by atoms with E-state index in [1.54, 1.807) is 11.3 Å². The van der Waals surface area contributed by atoms with Gasteiger partial charge in [0.05, 0.1) is 17.7 Å². The summed E-state index contributed by atoms with van der Waals surface area (Å²) in [5, 5.41) is 2.09. The van der Waals surface area contributed by atoms with E-state index in [2.05, 4.69) is 39.6 Å². The number of hydrogen-bond donors (Lipinski definition) is 2. The van der Waals surface area contributed by atoms with Crippen LogP contribution in [0.3, 0.4) is 0 Å². The predicted molar refractivity (Wildman–Crippen MR) is 75.5 cm³/mol. The minimum Gasteiger partial charge on any atom is -0.370 e. The molecule has 5 heteroatoms. The molecule has 0 radical (unpaired) electrons. The van der Waals surface area contributed by atoms with E-state index in [1.165, 1.54) is 5.56 Å². The summed E-state index contributed by atoms with van der Waals surface area (Å²) < 4.78 is 0. The van der Waals surface area contributed by atoms with Crippen LogP contribution in [0.4, 0.5) is 0 Å². The monoisotopic (exact) mass is 260 g/mol. The quantitative estimate of drug-likeness (QED) is 0.634. The molecular weight excluding hydrogens is 244 g/mol. The van der Waals surface area contributed by atoms with Crippen molar-refractivity contribution in [2.45, 2.75) is 19.4 Å². The van der Waals surface area contributed by atoms with E-state index in [4.69, 9.17) is 11.5 Å². The Morgan fingerprint density at radius 2 is 1.83 bits per heavy atom. The van der Waals surface area contributed by atoms with Crippen molar-refractivity contribution in [3.8, 4) is 0 Å². The lowest BCUT2D eigenvalue weighted by Crippen LogP contribution is -2.22. The molecule has 0 saturated carbocycles. The molecule has 0 amide bonds. The Bertz CT molecular complexity index is 498. The van der Waals surface area contributed by atoms with E-state index in [0.29, 0.717) is 6.54 Å². The van der Waals surface area contributed by atoms with Crippen LogP contribution in [0.5, 0.6) is 0 Å². The molecular formula is C13H16N4S. The molecule has 94 valence electrons. The number of aliphatic imine (C=N–C) groups is 1. The third-order valence-corrected chi connectivity index (χ3v) is 3.26. The topological polar surface area (TPSA) is 77.3 Å². The van der Waals surface area contributed by atoms with Gasteiger partial charge in [0.2, 0.25) is 0 Å². The van der Waals surface area contributed by atoms with Gasteiger partial charge in [0, 0.05) is 5.38 Å². The lowest BCUT2D eigenvalue weighted by atomic mass is 10.1. The number of benzene rings is 1. The molecule has 0 aliphatic heterocycles. The molecule has 0 bridgehead atoms. The Hall–Kier alpha value is -1.88. The summed E-state index contributed by atoms with van der Waals surface area (Å²) >= 11 is 1.64. The van der Waals surface area contributed by atoms with Crippen LogP contribution in [0.2, 0.25) is 0 Å². The Labute approximate surface area is 110 Å². The van der Waals surface area contributed by atoms with Crippen molar-refractivity contribution < 1.29 is 0 Å². The van der Waals surface area contributed by atoms with Gasteiger partial charge in [-0.05, 0) is 24.0 Å². The molecule has 4 nitrogen and oxygen atoms in total. The SMILES string of the molecule is NC(N)=NCc1ccc(CCc2cscn2)cc1. The summed E-state index contributed by atoms with van der Waals surface area (Å²) in [7, 11) is 0. The van der Waals surface area contributed by atoms with Gasteiger partial charge in [-0.3, -0.25) is 0 Å². The molecule has 0 saturated heterocycles. The highest BCUT2D eigenvalue weighted by atomic mass is 32.1. The maximum atomic E-state index is 5.29. The normalized spacial score (nSPS) is 10.2. The predicted octanol–water partition coefficient (Wildman–Crippen LogP) is 1.70. The summed E-state index contributed by atoms with van der Waals surface area (Å²) in [4.78, 5) is 8.25. The third-order valence-electron chi connectivity index (χ3n) is 2.62. The fraction of sp³-hybridized carbons (Fsp3) is 0.231. The molecule has 0 unspecified atom stereocenters. The minimum absolute atomic E-state index is 0.127. The number of aromatic nitrogens is 1. The number of aryl methyl sites for hydroxylation is 2. The van der Waals surface area contributed by atoms with E-state index in [9.17, 15) is 0 Å². The summed E-state index contributed by atoms with van der Waals surface area (Å²) in [6, 6.07) is 8.35. The molecule has 18 heavy (non-hydrogen) atoms. The molecule has 0 aliphatic rings. The molecule has 0 fully saturated rings. The molecule has 0 spiro atoms. The first-order valence-corrected chi connectivity index (χ1v) is 6.68. The maximum absolute atomic E-state index is 5.29. The summed E-state index contributed by atoms with van der Waals surface area (Å²) in [5.74, 6) is 0.127. The Morgan fingerprint density at radius 3 is 2.44 bits per heavy atom. The van der Waals surface area contributed by atoms with Crippen molar-refractivity contribution in [2.24, 2.45) is 16.5 Å². The fourth-order valence-corrected chi connectivity index (χ4v) is 2.22. The first-order valence-electron chi connectivity index (χ1n) is 5.74. The number of nitrogens with zero attached hydrogens (tertiary/aromatic N) is 2. The number of guanidine groups is 1. The average molecular weight is 260 g/mol. The highest BCUT2D eigenvalue weighted by Crippen LogP contribution is 2.10. The number of nitrogens with two attached hydrogens (primary N) is 2. The van der Waals surface area contributed by atoms with Gasteiger partial charge in [0.15, 0.2) is 5.96 Å². The number of thiazole rings is 1. The first-order chi connectivity index (χ1) is 8.74. The Kier molecular flexibility index (Phi) is 4.30. The summed E-state index contributed by atoms with van der Waals surface area (Å²) in [6.07, 6.45) is 1.99. The second-order valence-electron chi connectivity index (χ2n) is 4.04. The zero-order chi connectivity index (χ0) is 12.8. The van der Waals surface area contributed by atoms with Crippen LogP contribution in [0.15, 0.2) is 40.1 Å². The van der Waals surface area contributed by atoms with Gasteiger partial charge in [0.1, 0.15) is 0 Å². The Morgan fingerprint density at radius 1 is 1.11 bits per heavy atom. The van der Waals surface area contributed by atoms with Crippen LogP contribution in [0, 0.1) is 0 Å². The van der Waals surface area contributed by atoms with Gasteiger partial charge in [-0.15, -0.1) is 11.3 Å². The van der Waals surface area contributed by atoms with Crippen LogP contribution in [-0.2, 0) is 19.4 Å².